The third-order valence-corrected chi connectivity index (χ3v) is 11.4. The van der Waals surface area contributed by atoms with Crippen molar-refractivity contribution in [2.24, 2.45) is 0 Å². The minimum Gasteiger partial charge on any atom is -0.497 e. The number of nitrogens with one attached hydrogen (secondary N) is 1. The molecule has 0 aliphatic heterocycles. The second-order valence-electron chi connectivity index (χ2n) is 12.0. The standard InChI is InChI=1S/C37H38Cl3N3O5S/c1-48-31-17-19-32(20-18-31)49(46,47)43(30-15-13-28(38)14-16-30)25-36(44)42(24-27-12-21-33(39)34(40)22-27)35(23-26-8-4-2-5-9-26)37(45)41-29-10-6-3-7-11-29/h2,4-5,8-9,12-22,29,35H,3,6-7,10-11,23-25H2,1H3,(H,41,45)/t35-/m1/s1. The van der Waals surface area contributed by atoms with E-state index < -0.39 is 28.5 Å². The Labute approximate surface area is 303 Å². The van der Waals surface area contributed by atoms with Crippen molar-refractivity contribution >= 4 is 62.3 Å². The summed E-state index contributed by atoms with van der Waals surface area (Å²) in [5, 5.41) is 4.24. The molecule has 2 amide bonds. The fourth-order valence-corrected chi connectivity index (χ4v) is 7.80. The maximum atomic E-state index is 14.7. The molecule has 8 nitrogen and oxygen atoms in total. The summed E-state index contributed by atoms with van der Waals surface area (Å²) >= 11 is 18.8. The molecule has 0 unspecified atom stereocenters. The lowest BCUT2D eigenvalue weighted by molar-refractivity contribution is -0.140. The van der Waals surface area contributed by atoms with Gasteiger partial charge in [0.25, 0.3) is 10.0 Å². The average Bonchev–Trinajstić information content (AvgIpc) is 3.11. The number of halogens is 3. The Morgan fingerprint density at radius 2 is 1.51 bits per heavy atom. The Kier molecular flexibility index (Phi) is 12.5. The smallest absolute Gasteiger partial charge is 0.264 e. The van der Waals surface area contributed by atoms with E-state index >= 15 is 0 Å². The van der Waals surface area contributed by atoms with Gasteiger partial charge in [0, 0.05) is 24.0 Å². The van der Waals surface area contributed by atoms with Gasteiger partial charge in [-0.05, 0) is 84.6 Å². The molecule has 1 fully saturated rings. The van der Waals surface area contributed by atoms with Crippen LogP contribution in [-0.2, 0) is 32.6 Å². The van der Waals surface area contributed by atoms with Crippen LogP contribution in [0.1, 0.15) is 43.2 Å². The fraction of sp³-hybridized carbons (Fsp3) is 0.297. The maximum Gasteiger partial charge on any atom is 0.264 e. The molecule has 49 heavy (non-hydrogen) atoms. The number of ether oxygens (including phenoxy) is 1. The second kappa shape index (κ2) is 16.8. The summed E-state index contributed by atoms with van der Waals surface area (Å²) < 4.78 is 34.7. The first-order valence-corrected chi connectivity index (χ1v) is 18.6. The molecular formula is C37H38Cl3N3O5S. The van der Waals surface area contributed by atoms with Gasteiger partial charge < -0.3 is 15.0 Å². The maximum absolute atomic E-state index is 14.7. The first kappa shape index (κ1) is 36.5. The van der Waals surface area contributed by atoms with Crippen molar-refractivity contribution in [3.05, 3.63) is 123 Å². The number of benzene rings is 4. The van der Waals surface area contributed by atoms with Gasteiger partial charge >= 0.3 is 0 Å². The number of sulfonamides is 1. The number of carbonyl (C=O) groups excluding carboxylic acids is 2. The van der Waals surface area contributed by atoms with Gasteiger partial charge in [0.05, 0.1) is 27.7 Å². The van der Waals surface area contributed by atoms with Crippen molar-refractivity contribution in [1.29, 1.82) is 0 Å². The van der Waals surface area contributed by atoms with Gasteiger partial charge in [-0.3, -0.25) is 13.9 Å². The van der Waals surface area contributed by atoms with Gasteiger partial charge in [-0.1, -0.05) is 90.5 Å². The van der Waals surface area contributed by atoms with Crippen LogP contribution in [0.4, 0.5) is 5.69 Å². The molecule has 4 aromatic carbocycles. The molecule has 5 rings (SSSR count). The SMILES string of the molecule is COc1ccc(S(=O)(=O)N(CC(=O)N(Cc2ccc(Cl)c(Cl)c2)[C@H](Cc2ccccc2)C(=O)NC2CCCCC2)c2ccc(Cl)cc2)cc1. The first-order valence-electron chi connectivity index (χ1n) is 16.0. The average molecular weight is 743 g/mol. The predicted octanol–water partition coefficient (Wildman–Crippen LogP) is 7.94. The highest BCUT2D eigenvalue weighted by molar-refractivity contribution is 7.92. The summed E-state index contributed by atoms with van der Waals surface area (Å²) in [5.74, 6) is -0.411. The van der Waals surface area contributed by atoms with Crippen LogP contribution in [0.25, 0.3) is 0 Å². The zero-order valence-electron chi connectivity index (χ0n) is 27.0. The van der Waals surface area contributed by atoms with Crippen LogP contribution in [0.5, 0.6) is 5.75 Å². The number of hydrogen-bond acceptors (Lipinski definition) is 5. The zero-order valence-corrected chi connectivity index (χ0v) is 30.1. The Morgan fingerprint density at radius 3 is 2.14 bits per heavy atom. The van der Waals surface area contributed by atoms with E-state index in [1.54, 1.807) is 30.3 Å². The normalized spacial score (nSPS) is 14.1. The third-order valence-electron chi connectivity index (χ3n) is 8.60. The van der Waals surface area contributed by atoms with E-state index in [4.69, 9.17) is 39.5 Å². The van der Waals surface area contributed by atoms with Crippen LogP contribution >= 0.6 is 34.8 Å². The second-order valence-corrected chi connectivity index (χ2v) is 15.1. The summed E-state index contributed by atoms with van der Waals surface area (Å²) in [5.41, 5.74) is 1.70. The molecule has 1 aliphatic rings. The minimum atomic E-state index is -4.29. The zero-order chi connectivity index (χ0) is 35.0. The number of nitrogens with zero attached hydrogens (tertiary/aromatic N) is 2. The Balaban J connectivity index is 1.57. The number of amides is 2. The fourth-order valence-electron chi connectivity index (χ4n) is 5.94. The van der Waals surface area contributed by atoms with E-state index in [9.17, 15) is 18.0 Å². The molecule has 0 heterocycles. The Morgan fingerprint density at radius 1 is 0.837 bits per heavy atom. The van der Waals surface area contributed by atoms with Crippen molar-refractivity contribution < 1.29 is 22.7 Å². The molecule has 0 aromatic heterocycles. The Bertz CT molecular complexity index is 1840. The van der Waals surface area contributed by atoms with Crippen LogP contribution in [-0.4, -0.2) is 50.9 Å². The number of hydrogen-bond donors (Lipinski definition) is 1. The minimum absolute atomic E-state index is 0.0116. The van der Waals surface area contributed by atoms with Gasteiger partial charge in [-0.15, -0.1) is 0 Å². The monoisotopic (exact) mass is 741 g/mol. The van der Waals surface area contributed by atoms with Crippen LogP contribution in [0.3, 0.4) is 0 Å². The van der Waals surface area contributed by atoms with E-state index in [0.717, 1.165) is 42.0 Å². The number of rotatable bonds is 13. The van der Waals surface area contributed by atoms with Crippen LogP contribution < -0.4 is 14.4 Å². The van der Waals surface area contributed by atoms with E-state index in [1.165, 1.54) is 48.4 Å². The lowest BCUT2D eigenvalue weighted by atomic mass is 9.94. The molecule has 0 spiro atoms. The molecule has 0 radical (unpaired) electrons. The molecule has 12 heteroatoms. The third kappa shape index (κ3) is 9.48. The quantitative estimate of drug-likeness (QED) is 0.150. The molecule has 1 N–H and O–H groups in total. The molecule has 0 bridgehead atoms. The van der Waals surface area contributed by atoms with E-state index in [0.29, 0.717) is 26.4 Å². The van der Waals surface area contributed by atoms with Crippen molar-refractivity contribution in [3.63, 3.8) is 0 Å². The molecule has 1 atom stereocenters. The summed E-state index contributed by atoms with van der Waals surface area (Å²) in [7, 11) is -2.80. The summed E-state index contributed by atoms with van der Waals surface area (Å²) in [6, 6.07) is 25.6. The van der Waals surface area contributed by atoms with E-state index in [1.807, 2.05) is 30.3 Å². The lowest BCUT2D eigenvalue weighted by Gasteiger charge is -2.35. The number of anilines is 1. The first-order chi connectivity index (χ1) is 23.5. The van der Waals surface area contributed by atoms with Gasteiger partial charge in [-0.2, -0.15) is 0 Å². The predicted molar refractivity (Wildman–Crippen MR) is 195 cm³/mol. The van der Waals surface area contributed by atoms with Crippen molar-refractivity contribution in [2.45, 2.75) is 62.0 Å². The van der Waals surface area contributed by atoms with Crippen LogP contribution in [0, 0.1) is 0 Å². The number of methoxy groups -OCH3 is 1. The molecule has 4 aromatic rings. The van der Waals surface area contributed by atoms with Gasteiger partial charge in [0.2, 0.25) is 11.8 Å². The molecule has 1 saturated carbocycles. The van der Waals surface area contributed by atoms with E-state index in [2.05, 4.69) is 5.32 Å². The molecule has 1 aliphatic carbocycles. The highest BCUT2D eigenvalue weighted by Crippen LogP contribution is 2.29. The van der Waals surface area contributed by atoms with Gasteiger partial charge in [0.15, 0.2) is 0 Å². The van der Waals surface area contributed by atoms with Gasteiger partial charge in [0.1, 0.15) is 18.3 Å². The topological polar surface area (TPSA) is 96.0 Å². The molecular weight excluding hydrogens is 705 g/mol. The Hall–Kier alpha value is -3.76. The molecule has 258 valence electrons. The highest BCUT2D eigenvalue weighted by Gasteiger charge is 2.35. The summed E-state index contributed by atoms with van der Waals surface area (Å²) in [6.07, 6.45) is 5.06. The van der Waals surface area contributed by atoms with Crippen molar-refractivity contribution in [3.8, 4) is 5.75 Å². The molecule has 0 saturated heterocycles. The van der Waals surface area contributed by atoms with Gasteiger partial charge in [-0.25, -0.2) is 8.42 Å². The van der Waals surface area contributed by atoms with E-state index in [-0.39, 0.29) is 35.5 Å². The van der Waals surface area contributed by atoms with Crippen LogP contribution in [0.2, 0.25) is 15.1 Å². The highest BCUT2D eigenvalue weighted by atomic mass is 35.5. The largest absolute Gasteiger partial charge is 0.497 e. The lowest BCUT2D eigenvalue weighted by Crippen LogP contribution is -2.55. The van der Waals surface area contributed by atoms with Crippen molar-refractivity contribution in [2.75, 3.05) is 18.0 Å². The summed E-state index contributed by atoms with van der Waals surface area (Å²) in [6.45, 7) is -0.623. The van der Waals surface area contributed by atoms with Crippen LogP contribution in [0.15, 0.2) is 102 Å². The van der Waals surface area contributed by atoms with Crippen molar-refractivity contribution in [1.82, 2.24) is 10.2 Å². The number of carbonyl (C=O) groups is 2. The summed E-state index contributed by atoms with van der Waals surface area (Å²) in [4.78, 5) is 30.3.